The van der Waals surface area contributed by atoms with Gasteiger partial charge in [0.25, 0.3) is 0 Å². The van der Waals surface area contributed by atoms with Gasteiger partial charge < -0.3 is 22.7 Å². The average Bonchev–Trinajstić information content (AvgIpc) is 2.62. The first-order valence-electron chi connectivity index (χ1n) is 8.05. The second kappa shape index (κ2) is 8.66. The van der Waals surface area contributed by atoms with Gasteiger partial charge in [-0.15, -0.1) is 0 Å². The highest BCUT2D eigenvalue weighted by molar-refractivity contribution is 7.77. The molecule has 0 spiro atoms. The summed E-state index contributed by atoms with van der Waals surface area (Å²) in [5.74, 6) is -0.0973. The fourth-order valence-corrected chi connectivity index (χ4v) is 2.84. The number of aliphatic imine (C=N–C) groups is 1. The van der Waals surface area contributed by atoms with Crippen molar-refractivity contribution in [3.05, 3.63) is 65.5 Å². The first kappa shape index (κ1) is 18.2. The lowest BCUT2D eigenvalue weighted by Crippen LogP contribution is -2.48. The molecule has 1 heterocycles. The van der Waals surface area contributed by atoms with Crippen LogP contribution in [0.4, 0.5) is 0 Å². The SMILES string of the molecule is CCN=C([S-])[C@@H](C(=O)c1ccc(CC)cc1)[n+]1cccc(CO)c1. The summed E-state index contributed by atoms with van der Waals surface area (Å²) in [6.07, 6.45) is 4.44. The van der Waals surface area contributed by atoms with E-state index in [0.29, 0.717) is 17.2 Å². The van der Waals surface area contributed by atoms with Gasteiger partial charge in [0.1, 0.15) is 0 Å². The highest BCUT2D eigenvalue weighted by atomic mass is 32.1. The van der Waals surface area contributed by atoms with Crippen LogP contribution in [0, 0.1) is 0 Å². The Kier molecular flexibility index (Phi) is 6.58. The number of carbonyl (C=O) groups is 1. The number of Topliss-reactive ketones (excluding diaryl/α,β-unsaturated/α-hetero) is 1. The number of ketones is 1. The molecule has 0 aliphatic heterocycles. The largest absolute Gasteiger partial charge is 0.758 e. The fraction of sp³-hybridized carbons (Fsp3) is 0.316. The maximum Gasteiger partial charge on any atom is 0.237 e. The van der Waals surface area contributed by atoms with E-state index >= 15 is 0 Å². The van der Waals surface area contributed by atoms with E-state index in [9.17, 15) is 9.90 Å². The van der Waals surface area contributed by atoms with Crippen molar-refractivity contribution in [3.8, 4) is 0 Å². The number of nitrogens with zero attached hydrogens (tertiary/aromatic N) is 2. The number of aryl methyl sites for hydroxylation is 1. The highest BCUT2D eigenvalue weighted by Gasteiger charge is 2.28. The second-order valence-electron chi connectivity index (χ2n) is 5.45. The van der Waals surface area contributed by atoms with Crippen molar-refractivity contribution in [1.82, 2.24) is 0 Å². The summed E-state index contributed by atoms with van der Waals surface area (Å²) in [5.41, 5.74) is 2.50. The van der Waals surface area contributed by atoms with E-state index < -0.39 is 6.04 Å². The van der Waals surface area contributed by atoms with Crippen molar-refractivity contribution in [2.45, 2.75) is 32.9 Å². The van der Waals surface area contributed by atoms with E-state index in [4.69, 9.17) is 12.6 Å². The number of benzene rings is 1. The van der Waals surface area contributed by atoms with Crippen molar-refractivity contribution in [1.29, 1.82) is 0 Å². The molecular weight excluding hydrogens is 320 g/mol. The van der Waals surface area contributed by atoms with Gasteiger partial charge in [-0.25, -0.2) is 0 Å². The Labute approximate surface area is 148 Å². The quantitative estimate of drug-likeness (QED) is 0.276. The van der Waals surface area contributed by atoms with E-state index in [0.717, 1.165) is 12.0 Å². The van der Waals surface area contributed by atoms with Gasteiger partial charge in [-0.1, -0.05) is 31.2 Å². The maximum atomic E-state index is 13.0. The van der Waals surface area contributed by atoms with E-state index in [1.165, 1.54) is 5.56 Å². The van der Waals surface area contributed by atoms with E-state index in [2.05, 4.69) is 11.9 Å². The van der Waals surface area contributed by atoms with Crippen LogP contribution in [0.5, 0.6) is 0 Å². The molecule has 0 fully saturated rings. The highest BCUT2D eigenvalue weighted by Crippen LogP contribution is 2.14. The molecule has 0 saturated carbocycles. The van der Waals surface area contributed by atoms with Gasteiger partial charge in [0.2, 0.25) is 11.8 Å². The van der Waals surface area contributed by atoms with Crippen molar-refractivity contribution in [2.24, 2.45) is 4.99 Å². The Bertz CT molecular complexity index is 726. The summed E-state index contributed by atoms with van der Waals surface area (Å²) in [4.78, 5) is 17.3. The molecule has 5 heteroatoms. The number of pyridine rings is 1. The standard InChI is InChI=1S/C19H22N2O2S/c1-3-14-7-9-16(10-8-14)18(23)17(19(24)20-4-2)21-11-5-6-15(12-21)13-22/h5-12,17,22H,3-4,13H2,1-2H3/t17-/m1/s1. The molecule has 0 bridgehead atoms. The molecule has 2 aromatic rings. The van der Waals surface area contributed by atoms with Gasteiger partial charge in [0.15, 0.2) is 12.4 Å². The first-order valence-corrected chi connectivity index (χ1v) is 8.46. The molecule has 0 unspecified atom stereocenters. The minimum atomic E-state index is -0.682. The Morgan fingerprint density at radius 2 is 1.92 bits per heavy atom. The topological polar surface area (TPSA) is 53.5 Å². The summed E-state index contributed by atoms with van der Waals surface area (Å²) in [6, 6.07) is 10.5. The predicted octanol–water partition coefficient (Wildman–Crippen LogP) is 2.42. The zero-order chi connectivity index (χ0) is 17.5. The van der Waals surface area contributed by atoms with Gasteiger partial charge in [0, 0.05) is 23.7 Å². The summed E-state index contributed by atoms with van der Waals surface area (Å²) in [7, 11) is 0. The normalized spacial score (nSPS) is 12.9. The molecule has 0 radical (unpaired) electrons. The third-order valence-corrected chi connectivity index (χ3v) is 4.16. The Morgan fingerprint density at radius 1 is 1.21 bits per heavy atom. The van der Waals surface area contributed by atoms with Gasteiger partial charge in [-0.2, -0.15) is 4.57 Å². The molecule has 2 rings (SSSR count). The van der Waals surface area contributed by atoms with Crippen LogP contribution in [0.25, 0.3) is 0 Å². The van der Waals surface area contributed by atoms with Crippen LogP contribution in [0.15, 0.2) is 53.8 Å². The summed E-state index contributed by atoms with van der Waals surface area (Å²) < 4.78 is 1.73. The number of hydrogen-bond donors (Lipinski definition) is 1. The molecular formula is C19H22N2O2S. The smallest absolute Gasteiger partial charge is 0.237 e. The lowest BCUT2D eigenvalue weighted by Gasteiger charge is -2.19. The fourth-order valence-electron chi connectivity index (χ4n) is 2.48. The molecule has 1 aromatic carbocycles. The van der Waals surface area contributed by atoms with Crippen molar-refractivity contribution in [2.75, 3.05) is 6.54 Å². The van der Waals surface area contributed by atoms with Gasteiger partial charge in [-0.3, -0.25) is 4.79 Å². The molecule has 4 nitrogen and oxygen atoms in total. The first-order chi connectivity index (χ1) is 11.6. The zero-order valence-electron chi connectivity index (χ0n) is 14.0. The van der Waals surface area contributed by atoms with Crippen molar-refractivity contribution < 1.29 is 14.5 Å². The van der Waals surface area contributed by atoms with Crippen LogP contribution in [0.3, 0.4) is 0 Å². The van der Waals surface area contributed by atoms with E-state index in [1.807, 2.05) is 31.2 Å². The van der Waals surface area contributed by atoms with E-state index in [1.54, 1.807) is 29.1 Å². The molecule has 24 heavy (non-hydrogen) atoms. The van der Waals surface area contributed by atoms with E-state index in [-0.39, 0.29) is 12.4 Å². The number of hydrogen-bond acceptors (Lipinski definition) is 4. The number of aliphatic hydroxyl groups is 1. The molecule has 0 aliphatic rings. The Morgan fingerprint density at radius 3 is 2.50 bits per heavy atom. The summed E-state index contributed by atoms with van der Waals surface area (Å²) >= 11 is 5.39. The second-order valence-corrected chi connectivity index (χ2v) is 5.87. The lowest BCUT2D eigenvalue weighted by molar-refractivity contribution is -0.692. The predicted molar refractivity (Wildman–Crippen MR) is 97.1 cm³/mol. The zero-order valence-corrected chi connectivity index (χ0v) is 14.8. The van der Waals surface area contributed by atoms with Crippen LogP contribution in [0.1, 0.15) is 41.4 Å². The summed E-state index contributed by atoms with van der Waals surface area (Å²) in [6.45, 7) is 4.39. The van der Waals surface area contributed by atoms with Gasteiger partial charge >= 0.3 is 0 Å². The van der Waals surface area contributed by atoms with Crippen molar-refractivity contribution in [3.63, 3.8) is 0 Å². The van der Waals surface area contributed by atoms with Gasteiger partial charge in [0.05, 0.1) is 6.61 Å². The monoisotopic (exact) mass is 342 g/mol. The molecule has 126 valence electrons. The third-order valence-electron chi connectivity index (χ3n) is 3.81. The van der Waals surface area contributed by atoms with Crippen LogP contribution in [-0.2, 0) is 25.7 Å². The number of aromatic nitrogens is 1. The maximum absolute atomic E-state index is 13.0. The molecule has 0 saturated heterocycles. The van der Waals surface area contributed by atoms with Crippen LogP contribution < -0.4 is 4.57 Å². The number of carbonyl (C=O) groups excluding carboxylic acids is 1. The minimum absolute atomic E-state index is 0.0926. The minimum Gasteiger partial charge on any atom is -0.758 e. The lowest BCUT2D eigenvalue weighted by atomic mass is 10.0. The molecule has 1 atom stereocenters. The Balaban J connectivity index is 2.44. The van der Waals surface area contributed by atoms with Crippen molar-refractivity contribution >= 4 is 23.5 Å². The van der Waals surface area contributed by atoms with Crippen LogP contribution >= 0.6 is 0 Å². The van der Waals surface area contributed by atoms with Crippen LogP contribution in [0.2, 0.25) is 0 Å². The molecule has 1 N–H and O–H groups in total. The molecule has 0 amide bonds. The number of aliphatic hydroxyl groups excluding tert-OH is 1. The third kappa shape index (κ3) is 4.24. The van der Waals surface area contributed by atoms with Crippen LogP contribution in [-0.4, -0.2) is 22.5 Å². The number of rotatable bonds is 7. The summed E-state index contributed by atoms with van der Waals surface area (Å²) in [5, 5.41) is 9.69. The Hall–Kier alpha value is -2.11. The average molecular weight is 342 g/mol. The molecule has 0 aliphatic carbocycles. The molecule has 1 aromatic heterocycles. The van der Waals surface area contributed by atoms with Gasteiger partial charge in [-0.05, 0) is 30.0 Å².